The van der Waals surface area contributed by atoms with Gasteiger partial charge in [0.15, 0.2) is 0 Å². The highest BCUT2D eigenvalue weighted by Crippen LogP contribution is 2.25. The maximum absolute atomic E-state index is 6.05. The average molecular weight is 245 g/mol. The smallest absolute Gasteiger partial charge is 0.0652 e. The van der Waals surface area contributed by atoms with E-state index in [1.807, 2.05) is 12.1 Å². The number of nitrogens with one attached hydrogen (secondary N) is 2. The van der Waals surface area contributed by atoms with Gasteiger partial charge < -0.3 is 10.6 Å². The first-order valence-electron chi connectivity index (χ1n) is 5.15. The van der Waals surface area contributed by atoms with Gasteiger partial charge in [0.1, 0.15) is 0 Å². The SMILES string of the molecule is Clc1ccc(NCC2CCNC2)c(Cl)c1. The Morgan fingerprint density at radius 2 is 2.27 bits per heavy atom. The molecule has 15 heavy (non-hydrogen) atoms. The maximum atomic E-state index is 6.05. The lowest BCUT2D eigenvalue weighted by molar-refractivity contribution is 0.615. The summed E-state index contributed by atoms with van der Waals surface area (Å²) in [5.41, 5.74) is 0.966. The summed E-state index contributed by atoms with van der Waals surface area (Å²) in [6.07, 6.45) is 1.23. The van der Waals surface area contributed by atoms with Crippen LogP contribution in [0.25, 0.3) is 0 Å². The molecule has 0 aliphatic carbocycles. The van der Waals surface area contributed by atoms with Crippen molar-refractivity contribution < 1.29 is 0 Å². The highest BCUT2D eigenvalue weighted by atomic mass is 35.5. The second-order valence-electron chi connectivity index (χ2n) is 3.86. The summed E-state index contributed by atoms with van der Waals surface area (Å²) >= 11 is 11.9. The summed E-state index contributed by atoms with van der Waals surface area (Å²) in [5, 5.41) is 8.05. The van der Waals surface area contributed by atoms with Crippen molar-refractivity contribution in [1.29, 1.82) is 0 Å². The Kier molecular flexibility index (Phi) is 3.73. The summed E-state index contributed by atoms with van der Waals surface area (Å²) in [6.45, 7) is 3.19. The largest absolute Gasteiger partial charge is 0.384 e. The Bertz CT molecular complexity index is 335. The summed E-state index contributed by atoms with van der Waals surface area (Å²) in [4.78, 5) is 0. The fourth-order valence-corrected chi connectivity index (χ4v) is 2.25. The average Bonchev–Trinajstić information content (AvgIpc) is 2.69. The Hall–Kier alpha value is -0.440. The van der Waals surface area contributed by atoms with Crippen LogP contribution in [0.2, 0.25) is 10.0 Å². The molecular formula is C11H14Cl2N2. The van der Waals surface area contributed by atoms with E-state index in [-0.39, 0.29) is 0 Å². The van der Waals surface area contributed by atoms with Crippen molar-refractivity contribution in [2.45, 2.75) is 6.42 Å². The van der Waals surface area contributed by atoms with Crippen molar-refractivity contribution in [1.82, 2.24) is 5.32 Å². The van der Waals surface area contributed by atoms with Crippen LogP contribution in [0.4, 0.5) is 5.69 Å². The molecule has 82 valence electrons. The number of hydrogen-bond acceptors (Lipinski definition) is 2. The molecule has 0 aromatic heterocycles. The molecule has 2 rings (SSSR count). The van der Waals surface area contributed by atoms with Crippen LogP contribution < -0.4 is 10.6 Å². The van der Waals surface area contributed by atoms with Crippen LogP contribution in [0.1, 0.15) is 6.42 Å². The minimum absolute atomic E-state index is 0.674. The summed E-state index contributed by atoms with van der Waals surface area (Å²) < 4.78 is 0. The molecule has 1 aromatic carbocycles. The zero-order valence-electron chi connectivity index (χ0n) is 8.39. The summed E-state index contributed by atoms with van der Waals surface area (Å²) in [7, 11) is 0. The van der Waals surface area contributed by atoms with Crippen LogP contribution in [-0.4, -0.2) is 19.6 Å². The van der Waals surface area contributed by atoms with Crippen LogP contribution in [0.3, 0.4) is 0 Å². The first-order valence-corrected chi connectivity index (χ1v) is 5.91. The normalized spacial score (nSPS) is 20.5. The molecule has 1 aliphatic heterocycles. The molecule has 0 amide bonds. The predicted octanol–water partition coefficient (Wildman–Crippen LogP) is 3.01. The third kappa shape index (κ3) is 3.00. The number of hydrogen-bond donors (Lipinski definition) is 2. The van der Waals surface area contributed by atoms with Crippen molar-refractivity contribution >= 4 is 28.9 Å². The van der Waals surface area contributed by atoms with Crippen LogP contribution in [-0.2, 0) is 0 Å². The molecule has 0 radical (unpaired) electrons. The summed E-state index contributed by atoms with van der Waals surface area (Å²) in [5.74, 6) is 0.705. The second kappa shape index (κ2) is 5.06. The number of benzene rings is 1. The molecule has 1 atom stereocenters. The van der Waals surface area contributed by atoms with E-state index in [2.05, 4.69) is 10.6 Å². The number of halogens is 2. The van der Waals surface area contributed by atoms with Gasteiger partial charge in [0, 0.05) is 11.6 Å². The van der Waals surface area contributed by atoms with Gasteiger partial charge in [0.05, 0.1) is 10.7 Å². The molecular weight excluding hydrogens is 231 g/mol. The first kappa shape index (κ1) is 11.1. The van der Waals surface area contributed by atoms with E-state index in [4.69, 9.17) is 23.2 Å². The van der Waals surface area contributed by atoms with E-state index >= 15 is 0 Å². The molecule has 2 N–H and O–H groups in total. The standard InChI is InChI=1S/C11H14Cl2N2/c12-9-1-2-11(10(13)5-9)15-7-8-3-4-14-6-8/h1-2,5,8,14-15H,3-4,6-7H2. The number of rotatable bonds is 3. The van der Waals surface area contributed by atoms with Crippen LogP contribution in [0.15, 0.2) is 18.2 Å². The van der Waals surface area contributed by atoms with Crippen molar-refractivity contribution in [3.8, 4) is 0 Å². The molecule has 1 fully saturated rings. The molecule has 1 unspecified atom stereocenters. The second-order valence-corrected chi connectivity index (χ2v) is 4.71. The van der Waals surface area contributed by atoms with Gasteiger partial charge in [0.2, 0.25) is 0 Å². The van der Waals surface area contributed by atoms with Gasteiger partial charge in [-0.05, 0) is 43.6 Å². The Labute approximate surface area is 100.0 Å². The van der Waals surface area contributed by atoms with Gasteiger partial charge in [-0.3, -0.25) is 0 Å². The minimum Gasteiger partial charge on any atom is -0.384 e. The lowest BCUT2D eigenvalue weighted by atomic mass is 10.1. The minimum atomic E-state index is 0.674. The van der Waals surface area contributed by atoms with Gasteiger partial charge >= 0.3 is 0 Å². The molecule has 1 aromatic rings. The van der Waals surface area contributed by atoms with E-state index in [1.54, 1.807) is 6.07 Å². The van der Waals surface area contributed by atoms with Gasteiger partial charge in [-0.25, -0.2) is 0 Å². The third-order valence-corrected chi connectivity index (χ3v) is 3.22. The van der Waals surface area contributed by atoms with Crippen molar-refractivity contribution in [3.63, 3.8) is 0 Å². The van der Waals surface area contributed by atoms with Crippen molar-refractivity contribution in [3.05, 3.63) is 28.2 Å². The topological polar surface area (TPSA) is 24.1 Å². The van der Waals surface area contributed by atoms with Crippen LogP contribution >= 0.6 is 23.2 Å². The van der Waals surface area contributed by atoms with E-state index < -0.39 is 0 Å². The lowest BCUT2D eigenvalue weighted by Crippen LogP contribution is -2.17. The zero-order chi connectivity index (χ0) is 10.7. The molecule has 0 spiro atoms. The van der Waals surface area contributed by atoms with Gasteiger partial charge in [-0.15, -0.1) is 0 Å². The zero-order valence-corrected chi connectivity index (χ0v) is 9.91. The Morgan fingerprint density at radius 3 is 2.93 bits per heavy atom. The molecule has 2 nitrogen and oxygen atoms in total. The van der Waals surface area contributed by atoms with E-state index in [0.29, 0.717) is 16.0 Å². The van der Waals surface area contributed by atoms with Gasteiger partial charge in [-0.2, -0.15) is 0 Å². The van der Waals surface area contributed by atoms with E-state index in [1.165, 1.54) is 6.42 Å². The Balaban J connectivity index is 1.92. The van der Waals surface area contributed by atoms with Crippen molar-refractivity contribution in [2.75, 3.05) is 25.0 Å². The lowest BCUT2D eigenvalue weighted by Gasteiger charge is -2.12. The fourth-order valence-electron chi connectivity index (χ4n) is 1.78. The first-order chi connectivity index (χ1) is 7.25. The molecule has 0 saturated carbocycles. The molecule has 0 bridgehead atoms. The van der Waals surface area contributed by atoms with E-state index in [9.17, 15) is 0 Å². The highest BCUT2D eigenvalue weighted by molar-refractivity contribution is 6.36. The van der Waals surface area contributed by atoms with Gasteiger partial charge in [0.25, 0.3) is 0 Å². The monoisotopic (exact) mass is 244 g/mol. The molecule has 1 saturated heterocycles. The quantitative estimate of drug-likeness (QED) is 0.855. The number of anilines is 1. The fraction of sp³-hybridized carbons (Fsp3) is 0.455. The van der Waals surface area contributed by atoms with Gasteiger partial charge in [-0.1, -0.05) is 23.2 Å². The molecule has 1 heterocycles. The predicted molar refractivity (Wildman–Crippen MR) is 65.9 cm³/mol. The van der Waals surface area contributed by atoms with E-state index in [0.717, 1.165) is 25.3 Å². The van der Waals surface area contributed by atoms with Crippen LogP contribution in [0, 0.1) is 5.92 Å². The third-order valence-electron chi connectivity index (χ3n) is 2.67. The Morgan fingerprint density at radius 1 is 1.40 bits per heavy atom. The molecule has 4 heteroatoms. The van der Waals surface area contributed by atoms with Crippen LogP contribution in [0.5, 0.6) is 0 Å². The summed E-state index contributed by atoms with van der Waals surface area (Å²) in [6, 6.07) is 5.54. The molecule has 1 aliphatic rings. The highest BCUT2D eigenvalue weighted by Gasteiger charge is 2.14. The maximum Gasteiger partial charge on any atom is 0.0652 e. The van der Waals surface area contributed by atoms with Crippen molar-refractivity contribution in [2.24, 2.45) is 5.92 Å².